The van der Waals surface area contributed by atoms with Gasteiger partial charge >= 0.3 is 0 Å². The largest absolute Gasteiger partial charge is 0.497 e. The number of hydrogen-bond acceptors (Lipinski definition) is 7. The molecule has 0 saturated carbocycles. The summed E-state index contributed by atoms with van der Waals surface area (Å²) in [5, 5.41) is 0. The van der Waals surface area contributed by atoms with Gasteiger partial charge in [0.15, 0.2) is 11.5 Å². The fraction of sp³-hybridized carbons (Fsp3) is 0.381. The second-order valence-electron chi connectivity index (χ2n) is 6.45. The van der Waals surface area contributed by atoms with Crippen LogP contribution < -0.4 is 14.2 Å². The molecule has 0 aromatic heterocycles. The van der Waals surface area contributed by atoms with Crippen LogP contribution in [0.1, 0.15) is 12.5 Å². The summed E-state index contributed by atoms with van der Waals surface area (Å²) in [6, 6.07) is 10.2. The molecule has 162 valence electrons. The highest BCUT2D eigenvalue weighted by Crippen LogP contribution is 2.32. The predicted octanol–water partition coefficient (Wildman–Crippen LogP) is 2.87. The molecule has 0 spiro atoms. The minimum absolute atomic E-state index is 0.0953. The lowest BCUT2D eigenvalue weighted by Crippen LogP contribution is -2.40. The summed E-state index contributed by atoms with van der Waals surface area (Å²) in [5.74, 6) is 1.66. The van der Waals surface area contributed by atoms with E-state index in [2.05, 4.69) is 4.99 Å². The van der Waals surface area contributed by atoms with Crippen LogP contribution in [0.4, 0.5) is 5.69 Å². The molecule has 0 bridgehead atoms. The number of aliphatic imine (C=N–C) groups is 1. The molecule has 0 amide bonds. The summed E-state index contributed by atoms with van der Waals surface area (Å²) in [7, 11) is -0.681. The smallest absolute Gasteiger partial charge is 0.245 e. The minimum atomic E-state index is -3.74. The number of ether oxygens (including phenoxy) is 4. The number of benzene rings is 2. The van der Waals surface area contributed by atoms with Gasteiger partial charge in [0.2, 0.25) is 10.0 Å². The molecule has 2 aromatic carbocycles. The molecule has 0 atom stereocenters. The Kier molecular flexibility index (Phi) is 7.30. The summed E-state index contributed by atoms with van der Waals surface area (Å²) in [6.07, 6.45) is 1.60. The van der Waals surface area contributed by atoms with E-state index in [0.717, 1.165) is 5.56 Å². The maximum absolute atomic E-state index is 13.2. The van der Waals surface area contributed by atoms with Crippen molar-refractivity contribution in [3.8, 4) is 17.2 Å². The summed E-state index contributed by atoms with van der Waals surface area (Å²) < 4.78 is 49.2. The Morgan fingerprint density at radius 3 is 2.50 bits per heavy atom. The highest BCUT2D eigenvalue weighted by atomic mass is 32.2. The molecule has 0 aliphatic carbocycles. The molecule has 30 heavy (non-hydrogen) atoms. The molecule has 1 heterocycles. The van der Waals surface area contributed by atoms with Crippen molar-refractivity contribution in [1.82, 2.24) is 4.31 Å². The summed E-state index contributed by atoms with van der Waals surface area (Å²) in [5.41, 5.74) is 1.08. The molecule has 2 aromatic rings. The van der Waals surface area contributed by atoms with Gasteiger partial charge in [0.05, 0.1) is 39.7 Å². The van der Waals surface area contributed by atoms with E-state index in [0.29, 0.717) is 55.8 Å². The lowest BCUT2D eigenvalue weighted by atomic mass is 10.2. The number of morpholine rings is 1. The van der Waals surface area contributed by atoms with Gasteiger partial charge in [0.25, 0.3) is 0 Å². The van der Waals surface area contributed by atoms with Gasteiger partial charge in [-0.3, -0.25) is 4.99 Å². The SMILES string of the molecule is CCOc1ccc(C=Nc2ccc(OC)cc2S(=O)(=O)N2CCOCC2)cc1OC. The van der Waals surface area contributed by atoms with Crippen LogP contribution in [-0.4, -0.2) is 66.1 Å². The normalized spacial score (nSPS) is 15.3. The molecule has 1 aliphatic rings. The molecular formula is C21H26N2O6S. The van der Waals surface area contributed by atoms with Crippen molar-refractivity contribution in [3.05, 3.63) is 42.0 Å². The van der Waals surface area contributed by atoms with Crippen molar-refractivity contribution in [2.45, 2.75) is 11.8 Å². The Balaban J connectivity index is 1.96. The Labute approximate surface area is 177 Å². The maximum atomic E-state index is 13.2. The number of nitrogens with zero attached hydrogens (tertiary/aromatic N) is 2. The van der Waals surface area contributed by atoms with E-state index in [4.69, 9.17) is 18.9 Å². The molecule has 8 nitrogen and oxygen atoms in total. The van der Waals surface area contributed by atoms with Crippen LogP contribution in [0.15, 0.2) is 46.3 Å². The molecule has 0 N–H and O–H groups in total. The van der Waals surface area contributed by atoms with Crippen LogP contribution >= 0.6 is 0 Å². The van der Waals surface area contributed by atoms with Crippen molar-refractivity contribution in [2.24, 2.45) is 4.99 Å². The first-order valence-electron chi connectivity index (χ1n) is 9.60. The molecular weight excluding hydrogens is 408 g/mol. The molecule has 0 unspecified atom stereocenters. The third-order valence-corrected chi connectivity index (χ3v) is 6.52. The van der Waals surface area contributed by atoms with E-state index in [1.54, 1.807) is 37.6 Å². The van der Waals surface area contributed by atoms with Gasteiger partial charge in [-0.25, -0.2) is 8.42 Å². The second-order valence-corrected chi connectivity index (χ2v) is 8.36. The molecule has 1 aliphatic heterocycles. The van der Waals surface area contributed by atoms with E-state index in [9.17, 15) is 8.42 Å². The number of hydrogen-bond donors (Lipinski definition) is 0. The molecule has 9 heteroatoms. The molecule has 3 rings (SSSR count). The number of methoxy groups -OCH3 is 2. The topological polar surface area (TPSA) is 86.7 Å². The standard InChI is InChI=1S/C21H26N2O6S/c1-4-29-19-8-5-16(13-20(19)27-3)15-22-18-7-6-17(26-2)14-21(18)30(24,25)23-9-11-28-12-10-23/h5-8,13-15H,4,9-12H2,1-3H3. The third kappa shape index (κ3) is 4.92. The highest BCUT2D eigenvalue weighted by molar-refractivity contribution is 7.89. The maximum Gasteiger partial charge on any atom is 0.245 e. The van der Waals surface area contributed by atoms with Crippen LogP contribution in [-0.2, 0) is 14.8 Å². The van der Waals surface area contributed by atoms with Crippen molar-refractivity contribution in [3.63, 3.8) is 0 Å². The van der Waals surface area contributed by atoms with Gasteiger partial charge in [-0.05, 0) is 42.8 Å². The predicted molar refractivity (Wildman–Crippen MR) is 114 cm³/mol. The monoisotopic (exact) mass is 434 g/mol. The van der Waals surface area contributed by atoms with Gasteiger partial charge in [-0.1, -0.05) is 0 Å². The van der Waals surface area contributed by atoms with Crippen molar-refractivity contribution in [2.75, 3.05) is 47.1 Å². The van der Waals surface area contributed by atoms with Gasteiger partial charge in [-0.2, -0.15) is 4.31 Å². The van der Waals surface area contributed by atoms with Gasteiger partial charge in [0.1, 0.15) is 10.6 Å². The molecule has 1 fully saturated rings. The Bertz CT molecular complexity index is 1000. The minimum Gasteiger partial charge on any atom is -0.497 e. The fourth-order valence-electron chi connectivity index (χ4n) is 3.04. The first kappa shape index (κ1) is 22.1. The summed E-state index contributed by atoms with van der Waals surface area (Å²) in [6.45, 7) is 3.77. The van der Waals surface area contributed by atoms with Crippen LogP contribution in [0.2, 0.25) is 0 Å². The summed E-state index contributed by atoms with van der Waals surface area (Å²) >= 11 is 0. The van der Waals surface area contributed by atoms with Gasteiger partial charge in [-0.15, -0.1) is 0 Å². The molecule has 0 radical (unpaired) electrons. The fourth-order valence-corrected chi connectivity index (χ4v) is 4.60. The second kappa shape index (κ2) is 9.92. The van der Waals surface area contributed by atoms with Gasteiger partial charge in [0, 0.05) is 25.4 Å². The lowest BCUT2D eigenvalue weighted by molar-refractivity contribution is 0.0730. The quantitative estimate of drug-likeness (QED) is 0.594. The zero-order valence-corrected chi connectivity index (χ0v) is 18.1. The lowest BCUT2D eigenvalue weighted by Gasteiger charge is -2.26. The van der Waals surface area contributed by atoms with Crippen molar-refractivity contribution in [1.29, 1.82) is 0 Å². The van der Waals surface area contributed by atoms with Crippen LogP contribution in [0.3, 0.4) is 0 Å². The number of sulfonamides is 1. The summed E-state index contributed by atoms with van der Waals surface area (Å²) in [4.78, 5) is 4.55. The van der Waals surface area contributed by atoms with E-state index in [-0.39, 0.29) is 4.90 Å². The highest BCUT2D eigenvalue weighted by Gasteiger charge is 2.29. The third-order valence-electron chi connectivity index (χ3n) is 4.60. The Morgan fingerprint density at radius 2 is 1.83 bits per heavy atom. The molecule has 1 saturated heterocycles. The zero-order chi connectivity index (χ0) is 21.6. The Hall–Kier alpha value is -2.62. The van der Waals surface area contributed by atoms with Crippen molar-refractivity contribution < 1.29 is 27.4 Å². The van der Waals surface area contributed by atoms with Crippen LogP contribution in [0, 0.1) is 0 Å². The Morgan fingerprint density at radius 1 is 1.07 bits per heavy atom. The van der Waals surface area contributed by atoms with E-state index < -0.39 is 10.0 Å². The number of rotatable bonds is 8. The van der Waals surface area contributed by atoms with Gasteiger partial charge < -0.3 is 18.9 Å². The van der Waals surface area contributed by atoms with E-state index >= 15 is 0 Å². The zero-order valence-electron chi connectivity index (χ0n) is 17.3. The van der Waals surface area contributed by atoms with Crippen molar-refractivity contribution >= 4 is 21.9 Å². The van der Waals surface area contributed by atoms with Crippen LogP contribution in [0.25, 0.3) is 0 Å². The first-order valence-corrected chi connectivity index (χ1v) is 11.0. The first-order chi connectivity index (χ1) is 14.5. The average Bonchev–Trinajstić information content (AvgIpc) is 2.79. The van der Waals surface area contributed by atoms with E-state index in [1.165, 1.54) is 17.5 Å². The van der Waals surface area contributed by atoms with E-state index in [1.807, 2.05) is 13.0 Å². The van der Waals surface area contributed by atoms with Crippen LogP contribution in [0.5, 0.6) is 17.2 Å². The average molecular weight is 435 g/mol.